The molecule has 0 aliphatic carbocycles. The average molecular weight is 669 g/mol. The second-order valence-corrected chi connectivity index (χ2v) is 13.2. The van der Waals surface area contributed by atoms with Gasteiger partial charge in [0.1, 0.15) is 5.82 Å². The number of nitrogens with one attached hydrogen (secondary N) is 1. The van der Waals surface area contributed by atoms with Crippen molar-refractivity contribution in [3.63, 3.8) is 0 Å². The molecule has 5 aromatic rings. The average Bonchev–Trinajstić information content (AvgIpc) is 3.08. The third kappa shape index (κ3) is 7.45. The monoisotopic (exact) mass is 667 g/mol. The van der Waals surface area contributed by atoms with Crippen LogP contribution >= 0.6 is 23.2 Å². The van der Waals surface area contributed by atoms with Gasteiger partial charge in [0.25, 0.3) is 0 Å². The number of fused-ring (bicyclic) bond motifs is 1. The highest BCUT2D eigenvalue weighted by Crippen LogP contribution is 2.32. The highest BCUT2D eigenvalue weighted by Gasteiger charge is 2.23. The number of anilines is 3. The molecule has 0 bridgehead atoms. The second-order valence-electron chi connectivity index (χ2n) is 12.3. The summed E-state index contributed by atoms with van der Waals surface area (Å²) in [6, 6.07) is 26.8. The maximum absolute atomic E-state index is 6.26. The van der Waals surface area contributed by atoms with Crippen molar-refractivity contribution in [3.8, 4) is 0 Å². The van der Waals surface area contributed by atoms with Crippen LogP contribution in [-0.4, -0.2) is 77.2 Å². The zero-order chi connectivity index (χ0) is 32.3. The SMILES string of the molecule is Cc1cc(N2CCN(Cc3ccc(C(Nc4ccnc5cc(Cl)ccc45)c4ccc(Cl)cc4)cc3)CC2)nc(N2CCN(N)CC2)n1. The van der Waals surface area contributed by atoms with Gasteiger partial charge >= 0.3 is 0 Å². The maximum Gasteiger partial charge on any atom is 0.227 e. The molecule has 2 aliphatic heterocycles. The number of hydrogen-bond acceptors (Lipinski definition) is 9. The molecule has 3 aromatic carbocycles. The molecule has 0 saturated carbocycles. The molecular weight excluding hydrogens is 629 g/mol. The Morgan fingerprint density at radius 3 is 2.13 bits per heavy atom. The molecule has 242 valence electrons. The number of nitrogens with two attached hydrogens (primary N) is 1. The molecule has 2 saturated heterocycles. The van der Waals surface area contributed by atoms with Crippen molar-refractivity contribution in [2.24, 2.45) is 5.84 Å². The summed E-state index contributed by atoms with van der Waals surface area (Å²) in [7, 11) is 0. The molecule has 11 heteroatoms. The fraction of sp³-hybridized carbons (Fsp3) is 0.306. The minimum absolute atomic E-state index is 0.0773. The van der Waals surface area contributed by atoms with Crippen LogP contribution in [-0.2, 0) is 6.54 Å². The van der Waals surface area contributed by atoms with E-state index in [0.29, 0.717) is 10.0 Å². The van der Waals surface area contributed by atoms with E-state index in [-0.39, 0.29) is 6.04 Å². The van der Waals surface area contributed by atoms with Crippen molar-refractivity contribution in [2.75, 3.05) is 67.5 Å². The van der Waals surface area contributed by atoms with Gasteiger partial charge in [0, 0.05) is 98.0 Å². The molecule has 2 aromatic heterocycles. The van der Waals surface area contributed by atoms with Crippen molar-refractivity contribution >= 4 is 51.6 Å². The molecule has 1 atom stereocenters. The van der Waals surface area contributed by atoms with Crippen molar-refractivity contribution in [1.82, 2.24) is 24.9 Å². The molecule has 4 heterocycles. The van der Waals surface area contributed by atoms with Crippen LogP contribution in [0.4, 0.5) is 17.5 Å². The first-order valence-corrected chi connectivity index (χ1v) is 16.9. The Hall–Kier alpha value is -3.99. The third-order valence-electron chi connectivity index (χ3n) is 9.05. The number of aromatic nitrogens is 3. The van der Waals surface area contributed by atoms with Crippen molar-refractivity contribution in [3.05, 3.63) is 117 Å². The van der Waals surface area contributed by atoms with Crippen LogP contribution in [0.25, 0.3) is 10.9 Å². The first-order valence-electron chi connectivity index (χ1n) is 16.1. The summed E-state index contributed by atoms with van der Waals surface area (Å²) in [4.78, 5) is 21.4. The second kappa shape index (κ2) is 14.0. The van der Waals surface area contributed by atoms with E-state index in [1.54, 1.807) is 0 Å². The van der Waals surface area contributed by atoms with E-state index in [2.05, 4.69) is 74.4 Å². The van der Waals surface area contributed by atoms with Gasteiger partial charge in [0.05, 0.1) is 11.6 Å². The summed E-state index contributed by atoms with van der Waals surface area (Å²) in [5.41, 5.74) is 6.44. The van der Waals surface area contributed by atoms with E-state index in [1.807, 2.05) is 47.6 Å². The molecular formula is C36H39Cl2N9. The fourth-order valence-corrected chi connectivity index (χ4v) is 6.68. The Balaban J connectivity index is 1.03. The fourth-order valence-electron chi connectivity index (χ4n) is 6.39. The van der Waals surface area contributed by atoms with E-state index >= 15 is 0 Å². The molecule has 2 aliphatic rings. The lowest BCUT2D eigenvalue weighted by molar-refractivity contribution is 0.249. The minimum atomic E-state index is -0.0773. The van der Waals surface area contributed by atoms with E-state index in [9.17, 15) is 0 Å². The van der Waals surface area contributed by atoms with Crippen LogP contribution < -0.4 is 21.0 Å². The predicted octanol–water partition coefficient (Wildman–Crippen LogP) is 6.16. The predicted molar refractivity (Wildman–Crippen MR) is 192 cm³/mol. The first kappa shape index (κ1) is 31.6. The van der Waals surface area contributed by atoms with Gasteiger partial charge in [0.15, 0.2) is 0 Å². The third-order valence-corrected chi connectivity index (χ3v) is 9.54. The molecule has 0 radical (unpaired) electrons. The van der Waals surface area contributed by atoms with Gasteiger partial charge in [-0.05, 0) is 60.0 Å². The number of piperazine rings is 2. The van der Waals surface area contributed by atoms with Crippen molar-refractivity contribution in [2.45, 2.75) is 19.5 Å². The number of aryl methyl sites for hydroxylation is 1. The van der Waals surface area contributed by atoms with Crippen LogP contribution in [0.3, 0.4) is 0 Å². The van der Waals surface area contributed by atoms with Gasteiger partial charge in [-0.15, -0.1) is 0 Å². The summed E-state index contributed by atoms with van der Waals surface area (Å²) in [6.45, 7) is 10.1. The van der Waals surface area contributed by atoms with Crippen LogP contribution in [0.2, 0.25) is 10.0 Å². The van der Waals surface area contributed by atoms with Gasteiger partial charge < -0.3 is 15.1 Å². The highest BCUT2D eigenvalue weighted by molar-refractivity contribution is 6.31. The molecule has 9 nitrogen and oxygen atoms in total. The van der Waals surface area contributed by atoms with Gasteiger partial charge in [-0.2, -0.15) is 4.98 Å². The quantitative estimate of drug-likeness (QED) is 0.189. The maximum atomic E-state index is 6.26. The number of hydrogen-bond donors (Lipinski definition) is 2. The Morgan fingerprint density at radius 2 is 1.40 bits per heavy atom. The number of benzene rings is 3. The normalized spacial score (nSPS) is 16.9. The summed E-state index contributed by atoms with van der Waals surface area (Å²) >= 11 is 12.5. The largest absolute Gasteiger partial charge is 0.374 e. The Bertz CT molecular complexity index is 1820. The van der Waals surface area contributed by atoms with Crippen LogP contribution in [0.15, 0.2) is 85.1 Å². The highest BCUT2D eigenvalue weighted by atomic mass is 35.5. The Morgan fingerprint density at radius 1 is 0.745 bits per heavy atom. The number of nitrogens with zero attached hydrogens (tertiary/aromatic N) is 7. The lowest BCUT2D eigenvalue weighted by atomic mass is 9.97. The number of pyridine rings is 1. The smallest absolute Gasteiger partial charge is 0.227 e. The number of hydrazine groups is 1. The summed E-state index contributed by atoms with van der Waals surface area (Å²) in [5, 5.41) is 8.05. The summed E-state index contributed by atoms with van der Waals surface area (Å²) in [6.07, 6.45) is 1.82. The first-order chi connectivity index (χ1) is 22.9. The van der Waals surface area contributed by atoms with E-state index in [1.165, 1.54) is 11.1 Å². The zero-order valence-corrected chi connectivity index (χ0v) is 28.0. The van der Waals surface area contributed by atoms with Gasteiger partial charge in [-0.25, -0.2) is 9.99 Å². The van der Waals surface area contributed by atoms with Gasteiger partial charge in [0.2, 0.25) is 5.95 Å². The van der Waals surface area contributed by atoms with Crippen LogP contribution in [0, 0.1) is 6.92 Å². The minimum Gasteiger partial charge on any atom is -0.374 e. The molecule has 7 rings (SSSR count). The Labute approximate surface area is 285 Å². The zero-order valence-electron chi connectivity index (χ0n) is 26.5. The summed E-state index contributed by atoms with van der Waals surface area (Å²) < 4.78 is 0. The lowest BCUT2D eigenvalue weighted by Gasteiger charge is -2.36. The topological polar surface area (TPSA) is 89.7 Å². The molecule has 2 fully saturated rings. The molecule has 0 amide bonds. The Kier molecular flexibility index (Phi) is 9.42. The van der Waals surface area contributed by atoms with E-state index in [0.717, 1.165) is 98.5 Å². The number of halogens is 2. The van der Waals surface area contributed by atoms with E-state index in [4.69, 9.17) is 39.0 Å². The molecule has 47 heavy (non-hydrogen) atoms. The molecule has 3 N–H and O–H groups in total. The van der Waals surface area contributed by atoms with Gasteiger partial charge in [-0.1, -0.05) is 59.6 Å². The van der Waals surface area contributed by atoms with Crippen molar-refractivity contribution < 1.29 is 0 Å². The van der Waals surface area contributed by atoms with Crippen LogP contribution in [0.5, 0.6) is 0 Å². The van der Waals surface area contributed by atoms with Crippen LogP contribution in [0.1, 0.15) is 28.4 Å². The number of rotatable bonds is 8. The van der Waals surface area contributed by atoms with E-state index < -0.39 is 0 Å². The standard InChI is InChI=1S/C36H39Cl2N9/c1-25-22-34(43-36(41-25)46-18-20-47(39)21-19-46)45-16-14-44(15-17-45)24-26-2-4-27(5-3-26)35(28-6-8-29(37)9-7-28)42-32-12-13-40-33-23-30(38)10-11-31(32)33/h2-13,22-23,35H,14-21,24,39H2,1H3,(H,40,42). The molecule has 1 unspecified atom stereocenters. The lowest BCUT2D eigenvalue weighted by Crippen LogP contribution is -2.50. The summed E-state index contributed by atoms with van der Waals surface area (Å²) in [5.74, 6) is 7.78. The van der Waals surface area contributed by atoms with Gasteiger partial charge in [-0.3, -0.25) is 15.7 Å². The van der Waals surface area contributed by atoms with Crippen molar-refractivity contribution in [1.29, 1.82) is 0 Å². The molecule has 0 spiro atoms.